The Morgan fingerprint density at radius 2 is 1.90 bits per heavy atom. The van der Waals surface area contributed by atoms with Crippen LogP contribution in [0.5, 0.6) is 11.6 Å². The third kappa shape index (κ3) is 4.19. The van der Waals surface area contributed by atoms with Crippen LogP contribution >= 0.6 is 0 Å². The summed E-state index contributed by atoms with van der Waals surface area (Å²) in [4.78, 5) is 4.02. The first kappa shape index (κ1) is 15.3. The van der Waals surface area contributed by atoms with Gasteiger partial charge < -0.3 is 10.1 Å². The second-order valence-corrected chi connectivity index (χ2v) is 4.38. The molecule has 0 spiro atoms. The molecule has 112 valence electrons. The topological polar surface area (TPSA) is 34.1 Å². The van der Waals surface area contributed by atoms with E-state index in [0.29, 0.717) is 6.54 Å². The standard InChI is InChI=1S/C15H15F3N2O/c1-2-19-9-11-7-8-14(20-10-11)21-13-6-4-3-5-12(13)15(16,17)18/h3-8,10,19H,2,9H2,1H3. The van der Waals surface area contributed by atoms with Crippen LogP contribution < -0.4 is 10.1 Å². The molecule has 0 unspecified atom stereocenters. The summed E-state index contributed by atoms with van der Waals surface area (Å²) in [6.45, 7) is 3.47. The summed E-state index contributed by atoms with van der Waals surface area (Å²) < 4.78 is 43.8. The molecule has 1 N–H and O–H groups in total. The van der Waals surface area contributed by atoms with Crippen LogP contribution in [0.4, 0.5) is 13.2 Å². The Hall–Kier alpha value is -2.08. The van der Waals surface area contributed by atoms with Crippen LogP contribution in [-0.2, 0) is 12.7 Å². The summed E-state index contributed by atoms with van der Waals surface area (Å²) in [6.07, 6.45) is -2.88. The second kappa shape index (κ2) is 6.58. The molecule has 0 fully saturated rings. The number of aromatic nitrogens is 1. The maximum atomic E-state index is 12.8. The van der Waals surface area contributed by atoms with Gasteiger partial charge in [0.25, 0.3) is 0 Å². The molecule has 1 aromatic carbocycles. The molecule has 0 aliphatic heterocycles. The summed E-state index contributed by atoms with van der Waals surface area (Å²) in [5.41, 5.74) is 0.122. The Bertz CT molecular complexity index is 582. The highest BCUT2D eigenvalue weighted by atomic mass is 19.4. The minimum Gasteiger partial charge on any atom is -0.438 e. The summed E-state index contributed by atoms with van der Waals surface area (Å²) in [5, 5.41) is 3.13. The van der Waals surface area contributed by atoms with Gasteiger partial charge in [-0.1, -0.05) is 25.1 Å². The number of halogens is 3. The van der Waals surface area contributed by atoms with Crippen molar-refractivity contribution in [2.75, 3.05) is 6.54 Å². The van der Waals surface area contributed by atoms with Crippen LogP contribution in [0.25, 0.3) is 0 Å². The van der Waals surface area contributed by atoms with Crippen molar-refractivity contribution in [2.45, 2.75) is 19.6 Å². The number of nitrogens with one attached hydrogen (secondary N) is 1. The van der Waals surface area contributed by atoms with Crippen molar-refractivity contribution in [1.29, 1.82) is 0 Å². The van der Waals surface area contributed by atoms with Crippen molar-refractivity contribution in [3.8, 4) is 11.6 Å². The van der Waals surface area contributed by atoms with E-state index in [4.69, 9.17) is 4.74 Å². The highest BCUT2D eigenvalue weighted by Gasteiger charge is 2.34. The molecule has 0 bridgehead atoms. The molecule has 0 radical (unpaired) electrons. The molecule has 0 saturated carbocycles. The summed E-state index contributed by atoms with van der Waals surface area (Å²) in [7, 11) is 0. The number of hydrogen-bond donors (Lipinski definition) is 1. The zero-order valence-electron chi connectivity index (χ0n) is 11.4. The van der Waals surface area contributed by atoms with E-state index in [1.165, 1.54) is 18.2 Å². The number of rotatable bonds is 5. The molecular weight excluding hydrogens is 281 g/mol. The highest BCUT2D eigenvalue weighted by molar-refractivity contribution is 5.38. The fourth-order valence-electron chi connectivity index (χ4n) is 1.75. The Morgan fingerprint density at radius 3 is 2.52 bits per heavy atom. The number of pyridine rings is 1. The van der Waals surface area contributed by atoms with E-state index < -0.39 is 11.7 Å². The molecule has 21 heavy (non-hydrogen) atoms. The predicted octanol–water partition coefficient (Wildman–Crippen LogP) is 4.00. The SMILES string of the molecule is CCNCc1ccc(Oc2ccccc2C(F)(F)F)nc1. The lowest BCUT2D eigenvalue weighted by molar-refractivity contribution is -0.138. The molecule has 0 aliphatic carbocycles. The van der Waals surface area contributed by atoms with Gasteiger partial charge in [-0.15, -0.1) is 0 Å². The predicted molar refractivity (Wildman–Crippen MR) is 73.1 cm³/mol. The fourth-order valence-corrected chi connectivity index (χ4v) is 1.75. The Labute approximate surface area is 120 Å². The molecule has 0 aliphatic rings. The van der Waals surface area contributed by atoms with Crippen molar-refractivity contribution in [3.63, 3.8) is 0 Å². The van der Waals surface area contributed by atoms with Crippen LogP contribution in [0.3, 0.4) is 0 Å². The van der Waals surface area contributed by atoms with Crippen molar-refractivity contribution in [1.82, 2.24) is 10.3 Å². The number of para-hydroxylation sites is 1. The lowest BCUT2D eigenvalue weighted by Gasteiger charge is -2.13. The number of ether oxygens (including phenoxy) is 1. The van der Waals surface area contributed by atoms with Crippen LogP contribution in [0.2, 0.25) is 0 Å². The first-order valence-corrected chi connectivity index (χ1v) is 6.50. The van der Waals surface area contributed by atoms with Gasteiger partial charge in [0.05, 0.1) is 5.56 Å². The minimum atomic E-state index is -4.46. The smallest absolute Gasteiger partial charge is 0.419 e. The van der Waals surface area contributed by atoms with Gasteiger partial charge in [-0.25, -0.2) is 4.98 Å². The second-order valence-electron chi connectivity index (χ2n) is 4.38. The number of hydrogen-bond acceptors (Lipinski definition) is 3. The number of nitrogens with zero attached hydrogens (tertiary/aromatic N) is 1. The van der Waals surface area contributed by atoms with Crippen molar-refractivity contribution in [3.05, 3.63) is 53.7 Å². The zero-order chi connectivity index (χ0) is 15.3. The van der Waals surface area contributed by atoms with Crippen molar-refractivity contribution in [2.24, 2.45) is 0 Å². The lowest BCUT2D eigenvalue weighted by Crippen LogP contribution is -2.11. The summed E-state index contributed by atoms with van der Waals surface area (Å²) >= 11 is 0. The number of alkyl halides is 3. The molecule has 1 aromatic heterocycles. The Balaban J connectivity index is 2.15. The molecule has 0 atom stereocenters. The monoisotopic (exact) mass is 296 g/mol. The van der Waals surface area contributed by atoms with Gasteiger partial charge in [-0.05, 0) is 24.2 Å². The molecule has 3 nitrogen and oxygen atoms in total. The first-order chi connectivity index (χ1) is 10.0. The number of benzene rings is 1. The van der Waals surface area contributed by atoms with Crippen LogP contribution in [0, 0.1) is 0 Å². The summed E-state index contributed by atoms with van der Waals surface area (Å²) in [6, 6.07) is 8.39. The van der Waals surface area contributed by atoms with E-state index in [0.717, 1.165) is 18.2 Å². The quantitative estimate of drug-likeness (QED) is 0.905. The van der Waals surface area contributed by atoms with Gasteiger partial charge >= 0.3 is 6.18 Å². The van der Waals surface area contributed by atoms with E-state index in [-0.39, 0.29) is 11.6 Å². The van der Waals surface area contributed by atoms with Gasteiger partial charge in [0.15, 0.2) is 0 Å². The Kier molecular flexibility index (Phi) is 4.80. The average molecular weight is 296 g/mol. The van der Waals surface area contributed by atoms with E-state index in [1.54, 1.807) is 18.3 Å². The third-order valence-corrected chi connectivity index (χ3v) is 2.78. The maximum absolute atomic E-state index is 12.8. The van der Waals surface area contributed by atoms with Gasteiger partial charge in [0.1, 0.15) is 5.75 Å². The highest BCUT2D eigenvalue weighted by Crippen LogP contribution is 2.37. The third-order valence-electron chi connectivity index (χ3n) is 2.78. The fraction of sp³-hybridized carbons (Fsp3) is 0.267. The molecule has 0 saturated heterocycles. The Morgan fingerprint density at radius 1 is 1.14 bits per heavy atom. The van der Waals surface area contributed by atoms with E-state index in [1.807, 2.05) is 6.92 Å². The van der Waals surface area contributed by atoms with Gasteiger partial charge in [-0.3, -0.25) is 0 Å². The lowest BCUT2D eigenvalue weighted by atomic mass is 10.2. The minimum absolute atomic E-state index is 0.131. The van der Waals surface area contributed by atoms with E-state index in [2.05, 4.69) is 10.3 Å². The maximum Gasteiger partial charge on any atom is 0.419 e. The molecule has 2 aromatic rings. The van der Waals surface area contributed by atoms with Gasteiger partial charge in [0, 0.05) is 18.8 Å². The molecule has 0 amide bonds. The summed E-state index contributed by atoms with van der Waals surface area (Å²) in [5.74, 6) is -0.121. The zero-order valence-corrected chi connectivity index (χ0v) is 11.4. The largest absolute Gasteiger partial charge is 0.438 e. The molecular formula is C15H15F3N2O. The van der Waals surface area contributed by atoms with E-state index >= 15 is 0 Å². The molecule has 6 heteroatoms. The van der Waals surface area contributed by atoms with Crippen molar-refractivity contribution >= 4 is 0 Å². The van der Waals surface area contributed by atoms with Crippen LogP contribution in [0.15, 0.2) is 42.6 Å². The normalized spacial score (nSPS) is 11.4. The van der Waals surface area contributed by atoms with Crippen LogP contribution in [-0.4, -0.2) is 11.5 Å². The molecule has 2 rings (SSSR count). The van der Waals surface area contributed by atoms with Crippen LogP contribution in [0.1, 0.15) is 18.1 Å². The van der Waals surface area contributed by atoms with E-state index in [9.17, 15) is 13.2 Å². The van der Waals surface area contributed by atoms with Gasteiger partial charge in [0.2, 0.25) is 5.88 Å². The molecule has 1 heterocycles. The van der Waals surface area contributed by atoms with Gasteiger partial charge in [-0.2, -0.15) is 13.2 Å². The first-order valence-electron chi connectivity index (χ1n) is 6.50. The average Bonchev–Trinajstić information content (AvgIpc) is 2.46. The van der Waals surface area contributed by atoms with Crippen molar-refractivity contribution < 1.29 is 17.9 Å².